The third-order valence-corrected chi connectivity index (χ3v) is 1.74. The summed E-state index contributed by atoms with van der Waals surface area (Å²) in [4.78, 5) is 22.2. The molecule has 1 atom stereocenters. The van der Waals surface area contributed by atoms with E-state index in [4.69, 9.17) is 0 Å². The lowest BCUT2D eigenvalue weighted by Crippen LogP contribution is -2.30. The smallest absolute Gasteiger partial charge is 0.148 e. The predicted molar refractivity (Wildman–Crippen MR) is 44.3 cm³/mol. The van der Waals surface area contributed by atoms with Crippen LogP contribution in [0.3, 0.4) is 0 Å². The third-order valence-electron chi connectivity index (χ3n) is 1.74. The number of hydrogen-bond acceptors (Lipinski definition) is 2. The van der Waals surface area contributed by atoms with E-state index in [1.807, 2.05) is 20.8 Å². The van der Waals surface area contributed by atoms with Crippen LogP contribution in [0.5, 0.6) is 0 Å². The van der Waals surface area contributed by atoms with Gasteiger partial charge in [-0.2, -0.15) is 0 Å². The molecule has 0 aliphatic rings. The van der Waals surface area contributed by atoms with Crippen LogP contribution >= 0.6 is 0 Å². The van der Waals surface area contributed by atoms with Gasteiger partial charge in [0.2, 0.25) is 0 Å². The second kappa shape index (κ2) is 3.16. The summed E-state index contributed by atoms with van der Waals surface area (Å²) >= 11 is 0. The number of carbonyl (C=O) groups excluding carboxylic acids is 2. The van der Waals surface area contributed by atoms with Gasteiger partial charge in [-0.05, 0) is 13.8 Å². The molecule has 0 aromatic rings. The van der Waals surface area contributed by atoms with Crippen LogP contribution < -0.4 is 0 Å². The fourth-order valence-corrected chi connectivity index (χ4v) is 0.834. The summed E-state index contributed by atoms with van der Waals surface area (Å²) in [7, 11) is 0. The summed E-state index contributed by atoms with van der Waals surface area (Å²) in [5, 5.41) is 0. The van der Waals surface area contributed by atoms with Gasteiger partial charge in [0.15, 0.2) is 0 Å². The SMILES string of the molecule is CC(=O)C(C)C(=O)C(C)(C)C. The molecule has 0 saturated carbocycles. The summed E-state index contributed by atoms with van der Waals surface area (Å²) in [6.07, 6.45) is 0. The zero-order valence-electron chi connectivity index (χ0n) is 7.89. The van der Waals surface area contributed by atoms with Gasteiger partial charge in [-0.3, -0.25) is 9.59 Å². The van der Waals surface area contributed by atoms with E-state index in [-0.39, 0.29) is 11.6 Å². The molecule has 0 rings (SSSR count). The third kappa shape index (κ3) is 2.83. The maximum Gasteiger partial charge on any atom is 0.148 e. The van der Waals surface area contributed by atoms with Gasteiger partial charge in [-0.1, -0.05) is 20.8 Å². The maximum atomic E-state index is 11.4. The minimum absolute atomic E-state index is 0.0185. The molecule has 0 aromatic heterocycles. The minimum atomic E-state index is -0.449. The lowest BCUT2D eigenvalue weighted by Gasteiger charge is -2.19. The molecule has 0 amide bonds. The average molecular weight is 156 g/mol. The molecule has 0 spiro atoms. The van der Waals surface area contributed by atoms with Gasteiger partial charge in [-0.25, -0.2) is 0 Å². The Morgan fingerprint density at radius 2 is 1.55 bits per heavy atom. The van der Waals surface area contributed by atoms with Crippen molar-refractivity contribution in [3.63, 3.8) is 0 Å². The van der Waals surface area contributed by atoms with E-state index in [0.717, 1.165) is 0 Å². The van der Waals surface area contributed by atoms with Gasteiger partial charge < -0.3 is 0 Å². The molecule has 11 heavy (non-hydrogen) atoms. The number of rotatable bonds is 2. The zero-order chi connectivity index (χ0) is 9.23. The first-order valence-corrected chi connectivity index (χ1v) is 3.81. The molecule has 0 heterocycles. The van der Waals surface area contributed by atoms with Crippen LogP contribution in [0, 0.1) is 11.3 Å². The Balaban J connectivity index is 4.39. The monoisotopic (exact) mass is 156 g/mol. The topological polar surface area (TPSA) is 34.1 Å². The fraction of sp³-hybridized carbons (Fsp3) is 0.778. The highest BCUT2D eigenvalue weighted by Gasteiger charge is 2.28. The molecule has 0 radical (unpaired) electrons. The van der Waals surface area contributed by atoms with Gasteiger partial charge in [0.25, 0.3) is 0 Å². The van der Waals surface area contributed by atoms with Crippen molar-refractivity contribution in [3.8, 4) is 0 Å². The van der Waals surface area contributed by atoms with Crippen LogP contribution in [0.1, 0.15) is 34.6 Å². The number of Topliss-reactive ketones (excluding diaryl/α,β-unsaturated/α-hetero) is 2. The van der Waals surface area contributed by atoms with Crippen LogP contribution in [-0.2, 0) is 9.59 Å². The molecule has 0 saturated heterocycles. The Bertz CT molecular complexity index is 174. The summed E-state index contributed by atoms with van der Waals surface area (Å²) < 4.78 is 0. The predicted octanol–water partition coefficient (Wildman–Crippen LogP) is 1.83. The van der Waals surface area contributed by atoms with Crippen molar-refractivity contribution < 1.29 is 9.59 Å². The molecule has 0 aromatic carbocycles. The van der Waals surface area contributed by atoms with Crippen LogP contribution in [0.25, 0.3) is 0 Å². The molecule has 0 N–H and O–H groups in total. The lowest BCUT2D eigenvalue weighted by molar-refractivity contribution is -0.136. The first kappa shape index (κ1) is 10.3. The van der Waals surface area contributed by atoms with Gasteiger partial charge in [0.1, 0.15) is 11.6 Å². The largest absolute Gasteiger partial charge is 0.299 e. The Hall–Kier alpha value is -0.660. The molecule has 2 nitrogen and oxygen atoms in total. The summed E-state index contributed by atoms with van der Waals surface area (Å²) in [6, 6.07) is 0. The molecule has 0 aliphatic heterocycles. The first-order chi connectivity index (χ1) is 4.76. The Kier molecular flexibility index (Phi) is 2.97. The number of ketones is 2. The highest BCUT2D eigenvalue weighted by Crippen LogP contribution is 2.20. The second-order valence-electron chi connectivity index (χ2n) is 3.95. The van der Waals surface area contributed by atoms with Crippen LogP contribution in [0.15, 0.2) is 0 Å². The number of hydrogen-bond donors (Lipinski definition) is 0. The van der Waals surface area contributed by atoms with E-state index in [1.54, 1.807) is 6.92 Å². The van der Waals surface area contributed by atoms with Crippen molar-refractivity contribution in [2.75, 3.05) is 0 Å². The maximum absolute atomic E-state index is 11.4. The summed E-state index contributed by atoms with van der Waals surface area (Å²) in [6.45, 7) is 8.60. The standard InChI is InChI=1S/C9H16O2/c1-6(7(2)10)8(11)9(3,4)5/h6H,1-5H3. The zero-order valence-corrected chi connectivity index (χ0v) is 7.89. The van der Waals surface area contributed by atoms with Gasteiger partial charge in [-0.15, -0.1) is 0 Å². The van der Waals surface area contributed by atoms with Gasteiger partial charge in [0.05, 0.1) is 5.92 Å². The molecule has 64 valence electrons. The fourth-order valence-electron chi connectivity index (χ4n) is 0.834. The summed E-state index contributed by atoms with van der Waals surface area (Å²) in [5.41, 5.74) is -0.398. The van der Waals surface area contributed by atoms with Crippen molar-refractivity contribution in [1.29, 1.82) is 0 Å². The van der Waals surface area contributed by atoms with E-state index in [1.165, 1.54) is 6.92 Å². The molecule has 0 fully saturated rings. The minimum Gasteiger partial charge on any atom is -0.299 e. The van der Waals surface area contributed by atoms with E-state index in [9.17, 15) is 9.59 Å². The lowest BCUT2D eigenvalue weighted by atomic mass is 9.82. The highest BCUT2D eigenvalue weighted by molar-refractivity contribution is 6.03. The van der Waals surface area contributed by atoms with Gasteiger partial charge >= 0.3 is 0 Å². The van der Waals surface area contributed by atoms with Crippen molar-refractivity contribution >= 4 is 11.6 Å². The molecular weight excluding hydrogens is 140 g/mol. The van der Waals surface area contributed by atoms with Crippen LogP contribution in [0.2, 0.25) is 0 Å². The Morgan fingerprint density at radius 3 is 1.64 bits per heavy atom. The van der Waals surface area contributed by atoms with Crippen molar-refractivity contribution in [2.24, 2.45) is 11.3 Å². The number of carbonyl (C=O) groups is 2. The van der Waals surface area contributed by atoms with Crippen molar-refractivity contribution in [3.05, 3.63) is 0 Å². The summed E-state index contributed by atoms with van der Waals surface area (Å²) in [5.74, 6) is -0.482. The second-order valence-corrected chi connectivity index (χ2v) is 3.95. The van der Waals surface area contributed by atoms with E-state index in [2.05, 4.69) is 0 Å². The Labute approximate surface area is 68.0 Å². The van der Waals surface area contributed by atoms with E-state index >= 15 is 0 Å². The average Bonchev–Trinajstić information content (AvgIpc) is 1.82. The van der Waals surface area contributed by atoms with Crippen molar-refractivity contribution in [1.82, 2.24) is 0 Å². The van der Waals surface area contributed by atoms with Crippen LogP contribution in [-0.4, -0.2) is 11.6 Å². The van der Waals surface area contributed by atoms with Crippen molar-refractivity contribution in [2.45, 2.75) is 34.6 Å². The molecular formula is C9H16O2. The van der Waals surface area contributed by atoms with E-state index in [0.29, 0.717) is 0 Å². The highest BCUT2D eigenvalue weighted by atomic mass is 16.2. The van der Waals surface area contributed by atoms with Crippen LogP contribution in [0.4, 0.5) is 0 Å². The molecule has 1 unspecified atom stereocenters. The Morgan fingerprint density at radius 1 is 1.18 bits per heavy atom. The quantitative estimate of drug-likeness (QED) is 0.571. The molecule has 0 aliphatic carbocycles. The van der Waals surface area contributed by atoms with E-state index < -0.39 is 11.3 Å². The first-order valence-electron chi connectivity index (χ1n) is 3.81. The van der Waals surface area contributed by atoms with Gasteiger partial charge in [0, 0.05) is 5.41 Å². The molecule has 2 heteroatoms. The molecule has 0 bridgehead atoms. The normalized spacial score (nSPS) is 14.3.